The van der Waals surface area contributed by atoms with Gasteiger partial charge in [-0.05, 0) is 49.4 Å². The summed E-state index contributed by atoms with van der Waals surface area (Å²) in [6.45, 7) is 3.05. The Bertz CT molecular complexity index is 512. The van der Waals surface area contributed by atoms with Crippen LogP contribution in [-0.4, -0.2) is 23.9 Å². The van der Waals surface area contributed by atoms with E-state index >= 15 is 0 Å². The summed E-state index contributed by atoms with van der Waals surface area (Å²) >= 11 is -0.327. The van der Waals surface area contributed by atoms with E-state index in [1.54, 1.807) is 6.92 Å². The summed E-state index contributed by atoms with van der Waals surface area (Å²) in [5.41, 5.74) is -4.09. The topological polar surface area (TPSA) is 43.4 Å². The molecule has 0 atom stereocenters. The summed E-state index contributed by atoms with van der Waals surface area (Å²) in [6, 6.07) is 3.74. The predicted molar refractivity (Wildman–Crippen MR) is 68.7 cm³/mol. The van der Waals surface area contributed by atoms with Gasteiger partial charge < -0.3 is 4.74 Å². The summed E-state index contributed by atoms with van der Waals surface area (Å²) in [5, 5.41) is 0. The van der Waals surface area contributed by atoms with E-state index in [4.69, 9.17) is 4.74 Å². The van der Waals surface area contributed by atoms with Gasteiger partial charge in [0.05, 0.1) is 12.2 Å². The quantitative estimate of drug-likeness (QED) is 0.616. The van der Waals surface area contributed by atoms with Gasteiger partial charge in [-0.25, -0.2) is 4.79 Å². The van der Waals surface area contributed by atoms with Gasteiger partial charge in [0.1, 0.15) is 5.78 Å². The molecule has 7 heteroatoms. The molecule has 20 heavy (non-hydrogen) atoms. The Morgan fingerprint density at radius 3 is 2.40 bits per heavy atom. The monoisotopic (exact) mass is 306 g/mol. The minimum atomic E-state index is -4.46. The van der Waals surface area contributed by atoms with Crippen molar-refractivity contribution in [1.29, 1.82) is 0 Å². The molecule has 0 fully saturated rings. The third-order valence-corrected chi connectivity index (χ3v) is 2.87. The predicted octanol–water partition coefficient (Wildman–Crippen LogP) is 3.61. The molecule has 3 nitrogen and oxygen atoms in total. The van der Waals surface area contributed by atoms with Crippen LogP contribution >= 0.6 is 11.8 Å². The molecular weight excluding hydrogens is 293 g/mol. The van der Waals surface area contributed by atoms with Crippen LogP contribution in [-0.2, 0) is 16.0 Å². The zero-order valence-electron chi connectivity index (χ0n) is 10.9. The number of ether oxygens (including phenoxy) is 1. The van der Waals surface area contributed by atoms with Crippen LogP contribution < -0.4 is 0 Å². The van der Waals surface area contributed by atoms with Gasteiger partial charge in [-0.2, -0.15) is 13.2 Å². The van der Waals surface area contributed by atoms with Gasteiger partial charge in [-0.3, -0.25) is 4.79 Å². The zero-order valence-corrected chi connectivity index (χ0v) is 11.7. The van der Waals surface area contributed by atoms with E-state index in [0.29, 0.717) is 5.56 Å². The Hall–Kier alpha value is -1.50. The third-order valence-electron chi connectivity index (χ3n) is 2.16. The van der Waals surface area contributed by atoms with Crippen molar-refractivity contribution in [3.05, 3.63) is 29.3 Å². The van der Waals surface area contributed by atoms with E-state index in [1.165, 1.54) is 19.1 Å². The molecule has 110 valence electrons. The molecular formula is C13H13F3O3S. The molecule has 1 aromatic rings. The largest absolute Gasteiger partial charge is 0.462 e. The number of benzene rings is 1. The second-order valence-corrected chi connectivity index (χ2v) is 5.15. The summed E-state index contributed by atoms with van der Waals surface area (Å²) in [6.07, 6.45) is -0.0291. The summed E-state index contributed by atoms with van der Waals surface area (Å²) in [7, 11) is 0. The van der Waals surface area contributed by atoms with Crippen LogP contribution in [0.25, 0.3) is 0 Å². The Morgan fingerprint density at radius 1 is 1.25 bits per heavy atom. The van der Waals surface area contributed by atoms with Crippen molar-refractivity contribution in [3.8, 4) is 0 Å². The molecule has 0 radical (unpaired) electrons. The van der Waals surface area contributed by atoms with Crippen molar-refractivity contribution in [2.75, 3.05) is 6.61 Å². The van der Waals surface area contributed by atoms with Crippen molar-refractivity contribution in [2.24, 2.45) is 0 Å². The van der Waals surface area contributed by atoms with E-state index < -0.39 is 11.5 Å². The fraction of sp³-hybridized carbons (Fsp3) is 0.385. The third kappa shape index (κ3) is 5.64. The van der Waals surface area contributed by atoms with Gasteiger partial charge in [0, 0.05) is 11.3 Å². The van der Waals surface area contributed by atoms with Crippen molar-refractivity contribution >= 4 is 23.5 Å². The summed E-state index contributed by atoms with van der Waals surface area (Å²) < 4.78 is 41.9. The van der Waals surface area contributed by atoms with E-state index in [-0.39, 0.29) is 41.0 Å². The number of ketones is 1. The highest BCUT2D eigenvalue weighted by atomic mass is 32.2. The second-order valence-electron chi connectivity index (χ2n) is 4.01. The first-order valence-electron chi connectivity index (χ1n) is 5.77. The Morgan fingerprint density at radius 2 is 1.90 bits per heavy atom. The molecule has 0 N–H and O–H groups in total. The molecule has 0 saturated carbocycles. The lowest BCUT2D eigenvalue weighted by Gasteiger charge is -2.10. The normalized spacial score (nSPS) is 11.2. The lowest BCUT2D eigenvalue weighted by molar-refractivity contribution is -0.116. The number of carbonyl (C=O) groups excluding carboxylic acids is 2. The molecule has 0 aromatic heterocycles. The Kier molecular flexibility index (Phi) is 5.62. The molecule has 0 bridgehead atoms. The maximum Gasteiger partial charge on any atom is 0.446 e. The lowest BCUT2D eigenvalue weighted by atomic mass is 10.1. The van der Waals surface area contributed by atoms with E-state index in [9.17, 15) is 22.8 Å². The van der Waals surface area contributed by atoms with Crippen LogP contribution in [0.5, 0.6) is 0 Å². The maximum absolute atomic E-state index is 12.4. The number of carbonyl (C=O) groups is 2. The van der Waals surface area contributed by atoms with E-state index in [1.807, 2.05) is 0 Å². The summed E-state index contributed by atoms with van der Waals surface area (Å²) in [4.78, 5) is 22.5. The molecule has 0 unspecified atom stereocenters. The number of hydrogen-bond donors (Lipinski definition) is 0. The van der Waals surface area contributed by atoms with Crippen LogP contribution in [0.4, 0.5) is 13.2 Å². The zero-order chi connectivity index (χ0) is 15.3. The number of thioether (sulfide) groups is 1. The standard InChI is InChI=1S/C13H13F3O3S/c1-3-19-12(18)10-5-9(4-8(2)17)6-11(7-10)20-13(14,15)16/h5-7H,3-4H2,1-2H3. The van der Waals surface area contributed by atoms with Crippen molar-refractivity contribution in [2.45, 2.75) is 30.7 Å². The first-order chi connectivity index (χ1) is 9.21. The maximum atomic E-state index is 12.4. The molecule has 0 saturated heterocycles. The molecule has 1 aromatic carbocycles. The second kappa shape index (κ2) is 6.78. The Balaban J connectivity index is 3.13. The molecule has 0 aliphatic rings. The smallest absolute Gasteiger partial charge is 0.446 e. The number of esters is 1. The molecule has 0 spiro atoms. The van der Waals surface area contributed by atoms with Crippen LogP contribution in [0.1, 0.15) is 29.8 Å². The fourth-order valence-corrected chi connectivity index (χ4v) is 2.24. The minimum Gasteiger partial charge on any atom is -0.462 e. The highest BCUT2D eigenvalue weighted by Crippen LogP contribution is 2.37. The minimum absolute atomic E-state index is 0.0114. The number of hydrogen-bond acceptors (Lipinski definition) is 4. The molecule has 1 rings (SSSR count). The number of alkyl halides is 3. The van der Waals surface area contributed by atoms with Crippen LogP contribution in [0.2, 0.25) is 0 Å². The van der Waals surface area contributed by atoms with Crippen molar-refractivity contribution in [3.63, 3.8) is 0 Å². The van der Waals surface area contributed by atoms with E-state index in [0.717, 1.165) is 6.07 Å². The fourth-order valence-electron chi connectivity index (χ4n) is 1.58. The molecule has 0 heterocycles. The van der Waals surface area contributed by atoms with Gasteiger partial charge in [0.25, 0.3) is 0 Å². The SMILES string of the molecule is CCOC(=O)c1cc(CC(C)=O)cc(SC(F)(F)F)c1. The first kappa shape index (κ1) is 16.6. The van der Waals surface area contributed by atoms with Gasteiger partial charge in [-0.15, -0.1) is 0 Å². The first-order valence-corrected chi connectivity index (χ1v) is 6.59. The number of halogens is 3. The Labute approximate surface area is 118 Å². The van der Waals surface area contributed by atoms with Crippen molar-refractivity contribution in [1.82, 2.24) is 0 Å². The number of Topliss-reactive ketones (excluding diaryl/α,β-unsaturated/α-hetero) is 1. The van der Waals surface area contributed by atoms with Gasteiger partial charge in [-0.1, -0.05) is 0 Å². The van der Waals surface area contributed by atoms with Gasteiger partial charge >= 0.3 is 11.5 Å². The lowest BCUT2D eigenvalue weighted by Crippen LogP contribution is -2.07. The van der Waals surface area contributed by atoms with Gasteiger partial charge in [0.15, 0.2) is 0 Å². The number of rotatable bonds is 5. The molecule has 0 aliphatic heterocycles. The molecule has 0 amide bonds. The highest BCUT2D eigenvalue weighted by Gasteiger charge is 2.29. The summed E-state index contributed by atoms with van der Waals surface area (Å²) in [5.74, 6) is -0.907. The van der Waals surface area contributed by atoms with Crippen molar-refractivity contribution < 1.29 is 27.5 Å². The van der Waals surface area contributed by atoms with Gasteiger partial charge in [0.2, 0.25) is 0 Å². The highest BCUT2D eigenvalue weighted by molar-refractivity contribution is 8.00. The van der Waals surface area contributed by atoms with Crippen LogP contribution in [0, 0.1) is 0 Å². The molecule has 0 aliphatic carbocycles. The average Bonchev–Trinajstić information content (AvgIpc) is 2.25. The van der Waals surface area contributed by atoms with E-state index in [2.05, 4.69) is 0 Å². The van der Waals surface area contributed by atoms with Crippen LogP contribution in [0.3, 0.4) is 0 Å². The van der Waals surface area contributed by atoms with Crippen LogP contribution in [0.15, 0.2) is 23.1 Å². The average molecular weight is 306 g/mol.